The van der Waals surface area contributed by atoms with Crippen molar-refractivity contribution in [3.63, 3.8) is 0 Å². The molecule has 5 nitrogen and oxygen atoms in total. The smallest absolute Gasteiger partial charge is 0.242 e. The number of carbonyl (C=O) groups excluding carboxylic acids is 1. The number of fused-ring (bicyclic) bond motifs is 1. The predicted molar refractivity (Wildman–Crippen MR) is 106 cm³/mol. The summed E-state index contributed by atoms with van der Waals surface area (Å²) < 4.78 is 31.2. The zero-order valence-electron chi connectivity index (χ0n) is 15.5. The molecule has 0 saturated heterocycles. The van der Waals surface area contributed by atoms with Gasteiger partial charge in [-0.15, -0.1) is 0 Å². The highest BCUT2D eigenvalue weighted by molar-refractivity contribution is 7.89. The summed E-state index contributed by atoms with van der Waals surface area (Å²) in [4.78, 5) is 12.6. The molecule has 0 aliphatic carbocycles. The molecule has 0 unspecified atom stereocenters. The molecule has 140 valence electrons. The van der Waals surface area contributed by atoms with Crippen molar-refractivity contribution in [2.24, 2.45) is 0 Å². The van der Waals surface area contributed by atoms with Crippen LogP contribution in [0.2, 0.25) is 0 Å². The SMILES string of the molecule is CCc1oc2ccccc2c1/C=C/C(=O)c1ccc(S(=O)(=O)N(C)C)cc1. The first-order valence-corrected chi connectivity index (χ1v) is 10.0. The van der Waals surface area contributed by atoms with E-state index in [9.17, 15) is 13.2 Å². The van der Waals surface area contributed by atoms with E-state index in [1.54, 1.807) is 6.08 Å². The van der Waals surface area contributed by atoms with Gasteiger partial charge in [0.25, 0.3) is 0 Å². The summed E-state index contributed by atoms with van der Waals surface area (Å²) in [6.45, 7) is 2.00. The lowest BCUT2D eigenvalue weighted by Gasteiger charge is -2.11. The number of aryl methyl sites for hydroxylation is 1. The summed E-state index contributed by atoms with van der Waals surface area (Å²) >= 11 is 0. The molecule has 0 aliphatic heterocycles. The molecule has 1 heterocycles. The summed E-state index contributed by atoms with van der Waals surface area (Å²) in [5.41, 5.74) is 2.11. The van der Waals surface area contributed by atoms with Crippen molar-refractivity contribution in [3.05, 3.63) is 71.5 Å². The Bertz CT molecular complexity index is 1110. The van der Waals surface area contributed by atoms with Gasteiger partial charge in [-0.05, 0) is 42.5 Å². The lowest BCUT2D eigenvalue weighted by Crippen LogP contribution is -2.22. The molecule has 0 bridgehead atoms. The van der Waals surface area contributed by atoms with Crippen LogP contribution in [0.1, 0.15) is 28.6 Å². The summed E-state index contributed by atoms with van der Waals surface area (Å²) in [5, 5.41) is 0.964. The van der Waals surface area contributed by atoms with E-state index in [0.29, 0.717) is 5.56 Å². The maximum absolute atomic E-state index is 12.5. The number of sulfonamides is 1. The highest BCUT2D eigenvalue weighted by atomic mass is 32.2. The van der Waals surface area contributed by atoms with Crippen LogP contribution in [-0.2, 0) is 16.4 Å². The Labute approximate surface area is 159 Å². The standard InChI is InChI=1S/C21H21NO4S/c1-4-20-18(17-7-5-6-8-21(17)26-20)13-14-19(23)15-9-11-16(12-10-15)27(24,25)22(2)3/h5-14H,4H2,1-3H3/b14-13+. The topological polar surface area (TPSA) is 67.6 Å². The molecule has 0 atom stereocenters. The van der Waals surface area contributed by atoms with Gasteiger partial charge in [-0.1, -0.05) is 25.1 Å². The molecule has 6 heteroatoms. The molecule has 3 rings (SSSR count). The fraction of sp³-hybridized carbons (Fsp3) is 0.190. The lowest BCUT2D eigenvalue weighted by molar-refractivity contribution is 0.104. The molecule has 2 aromatic carbocycles. The molecule has 0 fully saturated rings. The normalized spacial score (nSPS) is 12.3. The van der Waals surface area contributed by atoms with Crippen LogP contribution in [0.3, 0.4) is 0 Å². The van der Waals surface area contributed by atoms with Gasteiger partial charge in [0.2, 0.25) is 10.0 Å². The van der Waals surface area contributed by atoms with E-state index in [4.69, 9.17) is 4.42 Å². The third-order valence-corrected chi connectivity index (χ3v) is 6.18. The maximum Gasteiger partial charge on any atom is 0.242 e. The molecule has 0 saturated carbocycles. The minimum atomic E-state index is -3.51. The molecule has 3 aromatic rings. The van der Waals surface area contributed by atoms with Crippen LogP contribution < -0.4 is 0 Å². The van der Waals surface area contributed by atoms with Gasteiger partial charge in [0.05, 0.1) is 4.90 Å². The number of rotatable bonds is 6. The number of nitrogens with zero attached hydrogens (tertiary/aromatic N) is 1. The average molecular weight is 383 g/mol. The Morgan fingerprint density at radius 3 is 2.37 bits per heavy atom. The van der Waals surface area contributed by atoms with Crippen molar-refractivity contribution in [1.82, 2.24) is 4.31 Å². The van der Waals surface area contributed by atoms with Crippen LogP contribution in [0, 0.1) is 0 Å². The molecular weight excluding hydrogens is 362 g/mol. The molecule has 27 heavy (non-hydrogen) atoms. The van der Waals surface area contributed by atoms with E-state index in [-0.39, 0.29) is 10.7 Å². The molecule has 0 radical (unpaired) electrons. The second-order valence-electron chi connectivity index (χ2n) is 6.30. The van der Waals surface area contributed by atoms with Gasteiger partial charge < -0.3 is 4.42 Å². The van der Waals surface area contributed by atoms with Gasteiger partial charge in [0.1, 0.15) is 11.3 Å². The molecule has 0 amide bonds. The van der Waals surface area contributed by atoms with Crippen molar-refractivity contribution in [1.29, 1.82) is 0 Å². The van der Waals surface area contributed by atoms with Crippen molar-refractivity contribution in [3.8, 4) is 0 Å². The largest absolute Gasteiger partial charge is 0.460 e. The summed E-state index contributed by atoms with van der Waals surface area (Å²) in [6, 6.07) is 13.6. The number of para-hydroxylation sites is 1. The Hall–Kier alpha value is -2.70. The van der Waals surface area contributed by atoms with E-state index < -0.39 is 10.0 Å². The van der Waals surface area contributed by atoms with Crippen LogP contribution in [0.25, 0.3) is 17.0 Å². The van der Waals surface area contributed by atoms with Crippen molar-refractivity contribution in [2.45, 2.75) is 18.2 Å². The monoisotopic (exact) mass is 383 g/mol. The highest BCUT2D eigenvalue weighted by Gasteiger charge is 2.17. The molecule has 1 aromatic heterocycles. The predicted octanol–water partition coefficient (Wildman–Crippen LogP) is 4.14. The maximum atomic E-state index is 12.5. The zero-order chi connectivity index (χ0) is 19.6. The van der Waals surface area contributed by atoms with Gasteiger partial charge >= 0.3 is 0 Å². The third-order valence-electron chi connectivity index (χ3n) is 4.35. The van der Waals surface area contributed by atoms with Crippen molar-refractivity contribution >= 4 is 32.9 Å². The van der Waals surface area contributed by atoms with Gasteiger partial charge in [-0.2, -0.15) is 0 Å². The summed E-state index contributed by atoms with van der Waals surface area (Å²) in [7, 11) is -0.569. The van der Waals surface area contributed by atoms with Crippen LogP contribution in [0.4, 0.5) is 0 Å². The lowest BCUT2D eigenvalue weighted by atomic mass is 10.1. The molecular formula is C21H21NO4S. The van der Waals surface area contributed by atoms with Crippen LogP contribution in [0.15, 0.2) is 63.9 Å². The number of ketones is 1. The fourth-order valence-electron chi connectivity index (χ4n) is 2.82. The minimum Gasteiger partial charge on any atom is -0.460 e. The highest BCUT2D eigenvalue weighted by Crippen LogP contribution is 2.27. The van der Waals surface area contributed by atoms with E-state index in [1.165, 1.54) is 44.4 Å². The van der Waals surface area contributed by atoms with Crippen molar-refractivity contribution in [2.75, 3.05) is 14.1 Å². The van der Waals surface area contributed by atoms with E-state index in [1.807, 2.05) is 31.2 Å². The Morgan fingerprint density at radius 1 is 1.07 bits per heavy atom. The van der Waals surface area contributed by atoms with Crippen molar-refractivity contribution < 1.29 is 17.6 Å². The Morgan fingerprint density at radius 2 is 1.74 bits per heavy atom. The van der Waals surface area contributed by atoms with Gasteiger partial charge in [0.15, 0.2) is 5.78 Å². The molecule has 0 N–H and O–H groups in total. The van der Waals surface area contributed by atoms with Gasteiger partial charge in [-0.3, -0.25) is 4.79 Å². The first-order chi connectivity index (χ1) is 12.8. The Balaban J connectivity index is 1.88. The zero-order valence-corrected chi connectivity index (χ0v) is 16.3. The number of allylic oxidation sites excluding steroid dienone is 1. The number of hydrogen-bond acceptors (Lipinski definition) is 4. The second kappa shape index (κ2) is 7.50. The Kier molecular flexibility index (Phi) is 5.30. The van der Waals surface area contributed by atoms with E-state index >= 15 is 0 Å². The second-order valence-corrected chi connectivity index (χ2v) is 8.45. The number of carbonyl (C=O) groups is 1. The fourth-order valence-corrected chi connectivity index (χ4v) is 3.72. The first kappa shape index (κ1) is 19.1. The van der Waals surface area contributed by atoms with Gasteiger partial charge in [-0.25, -0.2) is 12.7 Å². The van der Waals surface area contributed by atoms with E-state index in [2.05, 4.69) is 0 Å². The van der Waals surface area contributed by atoms with Crippen LogP contribution in [-0.4, -0.2) is 32.6 Å². The third kappa shape index (κ3) is 3.72. The number of hydrogen-bond donors (Lipinski definition) is 0. The molecule has 0 aliphatic rings. The average Bonchev–Trinajstić information content (AvgIpc) is 3.03. The quantitative estimate of drug-likeness (QED) is 0.474. The minimum absolute atomic E-state index is 0.155. The summed E-state index contributed by atoms with van der Waals surface area (Å²) in [6.07, 6.45) is 3.98. The van der Waals surface area contributed by atoms with E-state index in [0.717, 1.165) is 33.0 Å². The first-order valence-electron chi connectivity index (χ1n) is 8.60. The van der Waals surface area contributed by atoms with Crippen LogP contribution in [0.5, 0.6) is 0 Å². The van der Waals surface area contributed by atoms with Gasteiger partial charge in [0, 0.05) is 37.0 Å². The summed E-state index contributed by atoms with van der Waals surface area (Å²) in [5.74, 6) is 0.629. The van der Waals surface area contributed by atoms with Crippen LogP contribution >= 0.6 is 0 Å². The number of furan rings is 1. The molecule has 0 spiro atoms. The number of benzene rings is 2.